The lowest BCUT2D eigenvalue weighted by Crippen LogP contribution is -1.95. The molecule has 0 fully saturated rings. The molecule has 0 aromatic heterocycles. The fourth-order valence-corrected chi connectivity index (χ4v) is 1.61. The third-order valence-corrected chi connectivity index (χ3v) is 2.37. The van der Waals surface area contributed by atoms with Gasteiger partial charge in [0.25, 0.3) is 0 Å². The van der Waals surface area contributed by atoms with Gasteiger partial charge < -0.3 is 4.74 Å². The van der Waals surface area contributed by atoms with Crippen LogP contribution in [-0.2, 0) is 4.74 Å². The summed E-state index contributed by atoms with van der Waals surface area (Å²) >= 11 is 0. The van der Waals surface area contributed by atoms with E-state index in [4.69, 9.17) is 4.74 Å². The molecule has 17 heavy (non-hydrogen) atoms. The average Bonchev–Trinajstić information content (AvgIpc) is 2.31. The van der Waals surface area contributed by atoms with Gasteiger partial charge in [-0.05, 0) is 43.2 Å². The van der Waals surface area contributed by atoms with Crippen LogP contribution in [0.2, 0.25) is 0 Å². The van der Waals surface area contributed by atoms with Crippen LogP contribution in [0.25, 0.3) is 0 Å². The van der Waals surface area contributed by atoms with Crippen LogP contribution in [0, 0.1) is 0 Å². The number of hydrogen-bond donors (Lipinski definition) is 0. The van der Waals surface area contributed by atoms with E-state index in [-0.39, 0.29) is 0 Å². The molecule has 2 aliphatic heterocycles. The Hall–Kier alpha value is -2.02. The van der Waals surface area contributed by atoms with Gasteiger partial charge in [0.1, 0.15) is 11.5 Å². The lowest BCUT2D eigenvalue weighted by atomic mass is 10.2. The maximum atomic E-state index is 5.72. The molecule has 0 aromatic rings. The van der Waals surface area contributed by atoms with Crippen LogP contribution in [0.1, 0.15) is 13.3 Å². The molecule has 0 saturated heterocycles. The second kappa shape index (κ2) is 5.90. The molecule has 0 radical (unpaired) electrons. The normalized spacial score (nSPS) is 29.8. The minimum absolute atomic E-state index is 0.873. The molecule has 2 rings (SSSR count). The quantitative estimate of drug-likeness (QED) is 0.594. The van der Waals surface area contributed by atoms with Crippen molar-refractivity contribution >= 4 is 0 Å². The summed E-state index contributed by atoms with van der Waals surface area (Å²) in [5.74, 6) is 1.75. The SMILES string of the molecule is CC1=C\C2=C/C=C\C=C\C/C=C/C=C/C(=C1)O2. The monoisotopic (exact) mass is 224 g/mol. The Kier molecular flexibility index (Phi) is 3.98. The van der Waals surface area contributed by atoms with Crippen molar-refractivity contribution < 1.29 is 4.74 Å². The number of fused-ring (bicyclic) bond motifs is 2. The van der Waals surface area contributed by atoms with Gasteiger partial charge in [0.15, 0.2) is 0 Å². The van der Waals surface area contributed by atoms with E-state index < -0.39 is 0 Å². The lowest BCUT2D eigenvalue weighted by molar-refractivity contribution is 0.331. The standard InChI is InChI=1S/C16H16O/c1-14-12-15-10-8-6-4-2-3-5-7-9-11-16(13-14)17-15/h2,4-13H,3H2,1H3/b4-2+,7-5+,8-6-,11-9+,15-10+. The van der Waals surface area contributed by atoms with Gasteiger partial charge in [0.2, 0.25) is 0 Å². The van der Waals surface area contributed by atoms with E-state index in [0.717, 1.165) is 17.9 Å². The molecule has 0 spiro atoms. The minimum Gasteiger partial charge on any atom is -0.457 e. The summed E-state index contributed by atoms with van der Waals surface area (Å²) < 4.78 is 5.72. The lowest BCUT2D eigenvalue weighted by Gasteiger charge is -2.12. The van der Waals surface area contributed by atoms with Crippen LogP contribution < -0.4 is 0 Å². The Morgan fingerprint density at radius 3 is 2.59 bits per heavy atom. The third kappa shape index (κ3) is 3.80. The molecular formula is C16H16O. The van der Waals surface area contributed by atoms with Gasteiger partial charge in [-0.15, -0.1) is 0 Å². The summed E-state index contributed by atoms with van der Waals surface area (Å²) in [7, 11) is 0. The number of rotatable bonds is 0. The van der Waals surface area contributed by atoms with Crippen molar-refractivity contribution in [2.24, 2.45) is 0 Å². The molecule has 2 heterocycles. The van der Waals surface area contributed by atoms with Crippen molar-refractivity contribution in [3.8, 4) is 0 Å². The first-order chi connectivity index (χ1) is 8.34. The second-order valence-corrected chi connectivity index (χ2v) is 3.94. The first kappa shape index (κ1) is 11.5. The molecule has 0 N–H and O–H groups in total. The summed E-state index contributed by atoms with van der Waals surface area (Å²) in [4.78, 5) is 0. The van der Waals surface area contributed by atoms with E-state index in [1.807, 2.05) is 54.7 Å². The number of allylic oxidation sites excluding steroid dienone is 12. The Morgan fingerprint density at radius 2 is 1.71 bits per heavy atom. The molecule has 0 atom stereocenters. The molecule has 86 valence electrons. The van der Waals surface area contributed by atoms with Crippen LogP contribution >= 0.6 is 0 Å². The zero-order valence-electron chi connectivity index (χ0n) is 9.97. The molecule has 0 saturated carbocycles. The second-order valence-electron chi connectivity index (χ2n) is 3.94. The predicted octanol–water partition coefficient (Wildman–Crippen LogP) is 4.36. The van der Waals surface area contributed by atoms with E-state index >= 15 is 0 Å². The zero-order valence-corrected chi connectivity index (χ0v) is 9.97. The summed E-state index contributed by atoms with van der Waals surface area (Å²) in [6.45, 7) is 2.07. The molecule has 1 nitrogen and oxygen atoms in total. The molecule has 0 unspecified atom stereocenters. The van der Waals surface area contributed by atoms with Gasteiger partial charge in [-0.1, -0.05) is 42.5 Å². The maximum Gasteiger partial charge on any atom is 0.127 e. The fraction of sp³-hybridized carbons (Fsp3) is 0.125. The predicted molar refractivity (Wildman–Crippen MR) is 72.2 cm³/mol. The largest absolute Gasteiger partial charge is 0.457 e. The highest BCUT2D eigenvalue weighted by atomic mass is 16.5. The van der Waals surface area contributed by atoms with Crippen LogP contribution in [-0.4, -0.2) is 0 Å². The van der Waals surface area contributed by atoms with Crippen molar-refractivity contribution in [1.82, 2.24) is 0 Å². The maximum absolute atomic E-state index is 5.72. The highest BCUT2D eigenvalue weighted by Gasteiger charge is 2.04. The molecule has 2 bridgehead atoms. The number of ether oxygens (including phenoxy) is 1. The Balaban J connectivity index is 2.29. The highest BCUT2D eigenvalue weighted by molar-refractivity contribution is 5.38. The van der Waals surface area contributed by atoms with Crippen LogP contribution in [0.5, 0.6) is 0 Å². The first-order valence-corrected chi connectivity index (χ1v) is 5.79. The summed E-state index contributed by atoms with van der Waals surface area (Å²) in [6, 6.07) is 0. The number of hydrogen-bond acceptors (Lipinski definition) is 1. The van der Waals surface area contributed by atoms with E-state index in [9.17, 15) is 0 Å². The fourth-order valence-electron chi connectivity index (χ4n) is 1.61. The molecule has 0 aliphatic carbocycles. The smallest absolute Gasteiger partial charge is 0.127 e. The van der Waals surface area contributed by atoms with Gasteiger partial charge >= 0.3 is 0 Å². The van der Waals surface area contributed by atoms with Crippen LogP contribution in [0.3, 0.4) is 0 Å². The first-order valence-electron chi connectivity index (χ1n) is 5.79. The van der Waals surface area contributed by atoms with Gasteiger partial charge in [-0.3, -0.25) is 0 Å². The van der Waals surface area contributed by atoms with Crippen molar-refractivity contribution in [3.05, 3.63) is 83.9 Å². The highest BCUT2D eigenvalue weighted by Crippen LogP contribution is 2.19. The van der Waals surface area contributed by atoms with E-state index in [1.54, 1.807) is 0 Å². The van der Waals surface area contributed by atoms with E-state index in [0.29, 0.717) is 0 Å². The molecule has 0 aromatic carbocycles. The van der Waals surface area contributed by atoms with Crippen molar-refractivity contribution in [1.29, 1.82) is 0 Å². The summed E-state index contributed by atoms with van der Waals surface area (Å²) in [5.41, 5.74) is 1.20. The molecule has 1 heteroatoms. The minimum atomic E-state index is 0.873. The van der Waals surface area contributed by atoms with Gasteiger partial charge in [0, 0.05) is 0 Å². The zero-order chi connectivity index (χ0) is 11.9. The summed E-state index contributed by atoms with van der Waals surface area (Å²) in [5, 5.41) is 0. The van der Waals surface area contributed by atoms with Crippen molar-refractivity contribution in [2.45, 2.75) is 13.3 Å². The van der Waals surface area contributed by atoms with Crippen molar-refractivity contribution in [2.75, 3.05) is 0 Å². The summed E-state index contributed by atoms with van der Waals surface area (Å²) in [6.07, 6.45) is 23.3. The average molecular weight is 224 g/mol. The van der Waals surface area contributed by atoms with Crippen molar-refractivity contribution in [3.63, 3.8) is 0 Å². The van der Waals surface area contributed by atoms with Gasteiger partial charge in [0.05, 0.1) is 0 Å². The van der Waals surface area contributed by atoms with Crippen LogP contribution in [0.15, 0.2) is 83.9 Å². The molecule has 0 amide bonds. The molecular weight excluding hydrogens is 208 g/mol. The topological polar surface area (TPSA) is 9.23 Å². The van der Waals surface area contributed by atoms with Crippen LogP contribution in [0.4, 0.5) is 0 Å². The molecule has 2 aliphatic rings. The van der Waals surface area contributed by atoms with Gasteiger partial charge in [-0.25, -0.2) is 0 Å². The van der Waals surface area contributed by atoms with E-state index in [1.165, 1.54) is 5.57 Å². The third-order valence-electron chi connectivity index (χ3n) is 2.37. The Bertz CT molecular complexity index is 480. The Labute approximate surface area is 102 Å². The Morgan fingerprint density at radius 1 is 0.882 bits per heavy atom. The van der Waals surface area contributed by atoms with E-state index in [2.05, 4.69) is 19.1 Å². The van der Waals surface area contributed by atoms with Gasteiger partial charge in [-0.2, -0.15) is 0 Å².